The third-order valence-electron chi connectivity index (χ3n) is 2.80. The summed E-state index contributed by atoms with van der Waals surface area (Å²) in [5.41, 5.74) is 0. The molecule has 5 heteroatoms. The van der Waals surface area contributed by atoms with Crippen LogP contribution in [0.15, 0.2) is 52.4 Å². The zero-order valence-corrected chi connectivity index (χ0v) is 9.48. The van der Waals surface area contributed by atoms with Crippen molar-refractivity contribution in [2.24, 2.45) is 11.8 Å². The number of fused-ring (bicyclic) bond motifs is 2. The highest BCUT2D eigenvalue weighted by Gasteiger charge is 2.25. The SMILES string of the molecule is C1=CC2CCC1C2.c1cocn1.c1conn1. The van der Waals surface area contributed by atoms with Gasteiger partial charge in [0.05, 0.1) is 12.4 Å². The smallest absolute Gasteiger partial charge is 0.180 e. The van der Waals surface area contributed by atoms with E-state index in [4.69, 9.17) is 0 Å². The van der Waals surface area contributed by atoms with E-state index in [2.05, 4.69) is 36.4 Å². The van der Waals surface area contributed by atoms with Gasteiger partial charge in [0.15, 0.2) is 6.39 Å². The van der Waals surface area contributed by atoms with Crippen molar-refractivity contribution in [3.63, 3.8) is 0 Å². The second kappa shape index (κ2) is 6.62. The molecule has 2 unspecified atom stereocenters. The van der Waals surface area contributed by atoms with E-state index in [0.29, 0.717) is 0 Å². The van der Waals surface area contributed by atoms with E-state index >= 15 is 0 Å². The molecule has 2 aliphatic carbocycles. The molecule has 0 aromatic carbocycles. The fraction of sp³-hybridized carbons (Fsp3) is 0.417. The molecule has 2 aliphatic rings. The van der Waals surface area contributed by atoms with Gasteiger partial charge in [0, 0.05) is 5.27 Å². The van der Waals surface area contributed by atoms with Crippen LogP contribution in [0.1, 0.15) is 19.3 Å². The van der Waals surface area contributed by atoms with Crippen molar-refractivity contribution < 1.29 is 8.94 Å². The molecule has 17 heavy (non-hydrogen) atoms. The van der Waals surface area contributed by atoms with Crippen LogP contribution in [0.2, 0.25) is 0 Å². The van der Waals surface area contributed by atoms with Gasteiger partial charge in [-0.05, 0) is 31.1 Å². The van der Waals surface area contributed by atoms with E-state index in [0.717, 1.165) is 11.8 Å². The van der Waals surface area contributed by atoms with Crippen LogP contribution in [0.5, 0.6) is 0 Å². The van der Waals surface area contributed by atoms with Crippen molar-refractivity contribution in [2.45, 2.75) is 19.3 Å². The minimum Gasteiger partial charge on any atom is -0.452 e. The van der Waals surface area contributed by atoms with Gasteiger partial charge in [0.1, 0.15) is 12.5 Å². The molecule has 0 radical (unpaired) electrons. The molecule has 2 aromatic rings. The summed E-state index contributed by atoms with van der Waals surface area (Å²) in [5.74, 6) is 1.98. The maximum absolute atomic E-state index is 4.47. The summed E-state index contributed by atoms with van der Waals surface area (Å²) >= 11 is 0. The highest BCUT2D eigenvalue weighted by Crippen LogP contribution is 2.38. The van der Waals surface area contributed by atoms with Crippen molar-refractivity contribution in [2.75, 3.05) is 0 Å². The van der Waals surface area contributed by atoms with Crippen LogP contribution in [0.3, 0.4) is 0 Å². The Morgan fingerprint density at radius 2 is 1.82 bits per heavy atom. The maximum Gasteiger partial charge on any atom is 0.180 e. The monoisotopic (exact) mass is 233 g/mol. The van der Waals surface area contributed by atoms with Crippen molar-refractivity contribution in [3.8, 4) is 0 Å². The van der Waals surface area contributed by atoms with E-state index in [9.17, 15) is 0 Å². The lowest BCUT2D eigenvalue weighted by molar-refractivity contribution is 0.393. The van der Waals surface area contributed by atoms with Crippen molar-refractivity contribution >= 4 is 0 Å². The number of hydrogen-bond acceptors (Lipinski definition) is 5. The number of aromatic nitrogens is 3. The molecule has 2 bridgehead atoms. The number of rotatable bonds is 0. The number of nitrogens with zero attached hydrogens (tertiary/aromatic N) is 3. The second-order valence-corrected chi connectivity index (χ2v) is 3.98. The molecule has 0 saturated heterocycles. The lowest BCUT2D eigenvalue weighted by atomic mass is 10.1. The molecule has 90 valence electrons. The van der Waals surface area contributed by atoms with Crippen LogP contribution in [-0.4, -0.2) is 15.4 Å². The first-order valence-corrected chi connectivity index (χ1v) is 5.66. The van der Waals surface area contributed by atoms with Gasteiger partial charge in [-0.2, -0.15) is 0 Å². The van der Waals surface area contributed by atoms with Crippen LogP contribution in [0.4, 0.5) is 0 Å². The summed E-state index contributed by atoms with van der Waals surface area (Å²) in [4.78, 5) is 3.56. The zero-order valence-electron chi connectivity index (χ0n) is 9.48. The van der Waals surface area contributed by atoms with Crippen LogP contribution >= 0.6 is 0 Å². The average Bonchev–Trinajstić information content (AvgIpc) is 3.16. The zero-order chi connectivity index (χ0) is 11.8. The van der Waals surface area contributed by atoms with Gasteiger partial charge in [-0.1, -0.05) is 12.2 Å². The van der Waals surface area contributed by atoms with Gasteiger partial charge in [-0.15, -0.1) is 5.10 Å². The van der Waals surface area contributed by atoms with Gasteiger partial charge < -0.3 is 8.94 Å². The minimum atomic E-state index is 0.991. The molecule has 2 aromatic heterocycles. The van der Waals surface area contributed by atoms with Gasteiger partial charge in [0.2, 0.25) is 0 Å². The van der Waals surface area contributed by atoms with Gasteiger partial charge in [-0.25, -0.2) is 4.98 Å². The van der Waals surface area contributed by atoms with Gasteiger partial charge in [0.25, 0.3) is 0 Å². The van der Waals surface area contributed by atoms with Crippen LogP contribution in [0.25, 0.3) is 0 Å². The molecule has 0 aliphatic heterocycles. The molecule has 2 atom stereocenters. The third kappa shape index (κ3) is 4.22. The third-order valence-corrected chi connectivity index (χ3v) is 2.80. The summed E-state index contributed by atoms with van der Waals surface area (Å²) in [6.45, 7) is 0. The Hall–Kier alpha value is -1.91. The van der Waals surface area contributed by atoms with Crippen LogP contribution < -0.4 is 0 Å². The lowest BCUT2D eigenvalue weighted by Gasteiger charge is -1.96. The highest BCUT2D eigenvalue weighted by molar-refractivity contribution is 5.06. The topological polar surface area (TPSA) is 65.0 Å². The summed E-state index contributed by atoms with van der Waals surface area (Å²) in [6, 6.07) is 0. The molecule has 0 N–H and O–H groups in total. The standard InChI is InChI=1S/C7H10.C3H3NO.C2H2N2O/c1-2-7-4-3-6(1)5-7;1-2-5-3-4-1;1-2-5-4-3-1/h1-2,6-7H,3-5H2;1-3H;1-2H. The van der Waals surface area contributed by atoms with E-state index in [1.54, 1.807) is 6.20 Å². The Morgan fingerprint density at radius 3 is 2.00 bits per heavy atom. The number of oxazole rings is 1. The molecule has 0 spiro atoms. The first-order chi connectivity index (χ1) is 8.45. The first-order valence-electron chi connectivity index (χ1n) is 5.66. The maximum atomic E-state index is 4.47. The molecule has 1 saturated carbocycles. The molecular formula is C12H15N3O2. The largest absolute Gasteiger partial charge is 0.452 e. The van der Waals surface area contributed by atoms with Crippen LogP contribution in [0, 0.1) is 11.8 Å². The minimum absolute atomic E-state index is 0.991. The van der Waals surface area contributed by atoms with Crippen molar-refractivity contribution in [1.29, 1.82) is 0 Å². The van der Waals surface area contributed by atoms with Crippen LogP contribution in [-0.2, 0) is 0 Å². The van der Waals surface area contributed by atoms with E-state index in [1.807, 2.05) is 0 Å². The van der Waals surface area contributed by atoms with Gasteiger partial charge >= 0.3 is 0 Å². The Balaban J connectivity index is 0.0000000980. The quantitative estimate of drug-likeness (QED) is 0.654. The summed E-state index contributed by atoms with van der Waals surface area (Å²) < 4.78 is 8.69. The summed E-state index contributed by atoms with van der Waals surface area (Å²) in [6.07, 6.45) is 16.5. The summed E-state index contributed by atoms with van der Waals surface area (Å²) in [7, 11) is 0. The Morgan fingerprint density at radius 1 is 1.00 bits per heavy atom. The van der Waals surface area contributed by atoms with Crippen molar-refractivity contribution in [1.82, 2.24) is 15.4 Å². The Bertz CT molecular complexity index is 325. The average molecular weight is 233 g/mol. The molecule has 5 nitrogen and oxygen atoms in total. The summed E-state index contributed by atoms with van der Waals surface area (Å²) in [5, 5.41) is 6.40. The predicted octanol–water partition coefficient (Wildman–Crippen LogP) is 2.72. The molecule has 1 fully saturated rings. The highest BCUT2D eigenvalue weighted by atomic mass is 16.5. The Labute approximate surface area is 99.5 Å². The fourth-order valence-electron chi connectivity index (χ4n) is 2.03. The Kier molecular flexibility index (Phi) is 4.51. The van der Waals surface area contributed by atoms with E-state index in [1.165, 1.54) is 44.4 Å². The fourth-order valence-corrected chi connectivity index (χ4v) is 2.03. The first kappa shape index (κ1) is 11.6. The molecule has 2 heterocycles. The van der Waals surface area contributed by atoms with E-state index < -0.39 is 0 Å². The molecular weight excluding hydrogens is 218 g/mol. The lowest BCUT2D eigenvalue weighted by Crippen LogP contribution is -1.82. The second-order valence-electron chi connectivity index (χ2n) is 3.98. The normalized spacial score (nSPS) is 23.5. The predicted molar refractivity (Wildman–Crippen MR) is 60.8 cm³/mol. The van der Waals surface area contributed by atoms with Crippen molar-refractivity contribution in [3.05, 3.63) is 43.5 Å². The van der Waals surface area contributed by atoms with E-state index in [-0.39, 0.29) is 0 Å². The van der Waals surface area contributed by atoms with Gasteiger partial charge in [-0.3, -0.25) is 0 Å². The number of allylic oxidation sites excluding steroid dienone is 2. The molecule has 0 amide bonds. The number of hydrogen-bond donors (Lipinski definition) is 0. The molecule has 4 rings (SSSR count).